The number of thioether (sulfide) groups is 1. The van der Waals surface area contributed by atoms with Gasteiger partial charge in [0, 0.05) is 10.9 Å². The van der Waals surface area contributed by atoms with Crippen LogP contribution >= 0.6 is 23.1 Å². The van der Waals surface area contributed by atoms with E-state index in [0.29, 0.717) is 11.6 Å². The SMILES string of the molecule is COc1ccc(C)cc1-c1csc(NC(=O)[C@@H](N)CCSC)n1. The molecule has 1 atom stereocenters. The Hall–Kier alpha value is -1.57. The van der Waals surface area contributed by atoms with Gasteiger partial charge in [0.15, 0.2) is 5.13 Å². The van der Waals surface area contributed by atoms with E-state index in [-0.39, 0.29) is 5.91 Å². The van der Waals surface area contributed by atoms with Crippen molar-refractivity contribution in [3.05, 3.63) is 29.1 Å². The molecule has 0 spiro atoms. The quantitative estimate of drug-likeness (QED) is 0.801. The summed E-state index contributed by atoms with van der Waals surface area (Å²) in [6, 6.07) is 5.41. The van der Waals surface area contributed by atoms with Gasteiger partial charge in [0.2, 0.25) is 5.91 Å². The molecule has 0 unspecified atom stereocenters. The number of thiazole rings is 1. The third-order valence-corrected chi connectivity index (χ3v) is 4.74. The molecule has 0 bridgehead atoms. The van der Waals surface area contributed by atoms with Gasteiger partial charge in [-0.2, -0.15) is 11.8 Å². The number of carbonyl (C=O) groups is 1. The summed E-state index contributed by atoms with van der Waals surface area (Å²) in [5, 5.41) is 5.24. The zero-order chi connectivity index (χ0) is 16.8. The number of nitrogens with two attached hydrogens (primary N) is 1. The molecule has 1 heterocycles. The van der Waals surface area contributed by atoms with E-state index < -0.39 is 6.04 Å². The summed E-state index contributed by atoms with van der Waals surface area (Å²) in [7, 11) is 1.63. The summed E-state index contributed by atoms with van der Waals surface area (Å²) in [5.41, 5.74) is 8.68. The zero-order valence-corrected chi connectivity index (χ0v) is 15.1. The third-order valence-electron chi connectivity index (χ3n) is 3.33. The highest BCUT2D eigenvalue weighted by atomic mass is 32.2. The van der Waals surface area contributed by atoms with Gasteiger partial charge in [-0.05, 0) is 37.5 Å². The normalized spacial score (nSPS) is 12.0. The number of anilines is 1. The highest BCUT2D eigenvalue weighted by Gasteiger charge is 2.16. The number of hydrogen-bond donors (Lipinski definition) is 2. The van der Waals surface area contributed by atoms with Crippen molar-refractivity contribution in [2.24, 2.45) is 5.73 Å². The molecule has 5 nitrogen and oxygen atoms in total. The number of nitrogens with one attached hydrogen (secondary N) is 1. The Labute approximate surface area is 144 Å². The van der Waals surface area contributed by atoms with E-state index >= 15 is 0 Å². The molecular formula is C16H21N3O2S2. The lowest BCUT2D eigenvalue weighted by atomic mass is 10.1. The monoisotopic (exact) mass is 351 g/mol. The number of benzene rings is 1. The topological polar surface area (TPSA) is 77.2 Å². The van der Waals surface area contributed by atoms with E-state index in [2.05, 4.69) is 10.3 Å². The fourth-order valence-electron chi connectivity index (χ4n) is 2.05. The van der Waals surface area contributed by atoms with Crippen molar-refractivity contribution in [3.63, 3.8) is 0 Å². The lowest BCUT2D eigenvalue weighted by molar-refractivity contribution is -0.117. The number of amides is 1. The molecule has 0 radical (unpaired) electrons. The van der Waals surface area contributed by atoms with Crippen molar-refractivity contribution >= 4 is 34.1 Å². The molecule has 0 aliphatic carbocycles. The molecule has 1 aromatic heterocycles. The van der Waals surface area contributed by atoms with Crippen LogP contribution in [0.2, 0.25) is 0 Å². The van der Waals surface area contributed by atoms with Crippen molar-refractivity contribution in [1.82, 2.24) is 4.98 Å². The van der Waals surface area contributed by atoms with E-state index in [1.807, 2.05) is 36.8 Å². The molecule has 0 saturated heterocycles. The van der Waals surface area contributed by atoms with Crippen LogP contribution in [0.25, 0.3) is 11.3 Å². The molecule has 2 aromatic rings. The largest absolute Gasteiger partial charge is 0.496 e. The molecule has 3 N–H and O–H groups in total. The first-order chi connectivity index (χ1) is 11.0. The number of ether oxygens (including phenoxy) is 1. The van der Waals surface area contributed by atoms with E-state index in [4.69, 9.17) is 10.5 Å². The Kier molecular flexibility index (Phi) is 6.44. The van der Waals surface area contributed by atoms with Crippen LogP contribution in [0.3, 0.4) is 0 Å². The van der Waals surface area contributed by atoms with Crippen LogP contribution in [0.1, 0.15) is 12.0 Å². The maximum atomic E-state index is 12.0. The van der Waals surface area contributed by atoms with E-state index in [1.54, 1.807) is 18.9 Å². The van der Waals surface area contributed by atoms with Gasteiger partial charge in [-0.3, -0.25) is 4.79 Å². The van der Waals surface area contributed by atoms with E-state index in [9.17, 15) is 4.79 Å². The van der Waals surface area contributed by atoms with Gasteiger partial charge in [-0.15, -0.1) is 11.3 Å². The Bertz CT molecular complexity index is 673. The van der Waals surface area contributed by atoms with Crippen LogP contribution in [0, 0.1) is 6.92 Å². The van der Waals surface area contributed by atoms with Gasteiger partial charge >= 0.3 is 0 Å². The van der Waals surface area contributed by atoms with Crippen molar-refractivity contribution in [1.29, 1.82) is 0 Å². The van der Waals surface area contributed by atoms with Crippen LogP contribution < -0.4 is 15.8 Å². The zero-order valence-electron chi connectivity index (χ0n) is 13.5. The molecule has 124 valence electrons. The highest BCUT2D eigenvalue weighted by Crippen LogP contribution is 2.32. The standard InChI is InChI=1S/C16H21N3O2S2/c1-10-4-5-14(21-2)11(8-10)13-9-23-16(18-13)19-15(20)12(17)6-7-22-3/h4-5,8-9,12H,6-7,17H2,1-3H3,(H,18,19,20)/t12-/m0/s1. The Morgan fingerprint density at radius 1 is 1.52 bits per heavy atom. The minimum absolute atomic E-state index is 0.198. The maximum absolute atomic E-state index is 12.0. The molecule has 0 aliphatic heterocycles. The molecule has 23 heavy (non-hydrogen) atoms. The Morgan fingerprint density at radius 3 is 3.00 bits per heavy atom. The second kappa shape index (κ2) is 8.33. The Morgan fingerprint density at radius 2 is 2.30 bits per heavy atom. The van der Waals surface area contributed by atoms with E-state index in [0.717, 1.165) is 28.3 Å². The molecule has 7 heteroatoms. The minimum atomic E-state index is -0.511. The average Bonchev–Trinajstić information content (AvgIpc) is 3.00. The van der Waals surface area contributed by atoms with Gasteiger partial charge in [0.1, 0.15) is 5.75 Å². The summed E-state index contributed by atoms with van der Waals surface area (Å²) in [6.07, 6.45) is 2.64. The van der Waals surface area contributed by atoms with Crippen LogP contribution in [-0.2, 0) is 4.79 Å². The number of hydrogen-bond acceptors (Lipinski definition) is 6. The number of methoxy groups -OCH3 is 1. The van der Waals surface area contributed by atoms with Crippen LogP contribution in [0.5, 0.6) is 5.75 Å². The number of nitrogens with zero attached hydrogens (tertiary/aromatic N) is 1. The molecule has 1 amide bonds. The smallest absolute Gasteiger partial charge is 0.243 e. The summed E-state index contributed by atoms with van der Waals surface area (Å²) in [6.45, 7) is 2.02. The van der Waals surface area contributed by atoms with Gasteiger partial charge in [-0.25, -0.2) is 4.98 Å². The lowest BCUT2D eigenvalue weighted by Crippen LogP contribution is -2.36. The summed E-state index contributed by atoms with van der Waals surface area (Å²) in [5.74, 6) is 1.42. The number of aromatic nitrogens is 1. The highest BCUT2D eigenvalue weighted by molar-refractivity contribution is 7.98. The van der Waals surface area contributed by atoms with Gasteiger partial charge in [0.05, 0.1) is 18.8 Å². The maximum Gasteiger partial charge on any atom is 0.243 e. The Balaban J connectivity index is 2.12. The van der Waals surface area contributed by atoms with Crippen LogP contribution in [0.15, 0.2) is 23.6 Å². The first kappa shape index (κ1) is 17.8. The van der Waals surface area contributed by atoms with Crippen molar-refractivity contribution in [3.8, 4) is 17.0 Å². The number of carbonyl (C=O) groups excluding carboxylic acids is 1. The van der Waals surface area contributed by atoms with Crippen molar-refractivity contribution in [2.75, 3.05) is 24.4 Å². The van der Waals surface area contributed by atoms with Gasteiger partial charge in [0.25, 0.3) is 0 Å². The number of aryl methyl sites for hydroxylation is 1. The predicted octanol–water partition coefficient (Wildman–Crippen LogP) is 3.15. The predicted molar refractivity (Wildman–Crippen MR) is 98.4 cm³/mol. The van der Waals surface area contributed by atoms with Crippen molar-refractivity contribution < 1.29 is 9.53 Å². The number of rotatable bonds is 7. The second-order valence-electron chi connectivity index (χ2n) is 5.12. The van der Waals surface area contributed by atoms with Crippen molar-refractivity contribution in [2.45, 2.75) is 19.4 Å². The molecular weight excluding hydrogens is 330 g/mol. The molecule has 0 fully saturated rings. The summed E-state index contributed by atoms with van der Waals surface area (Å²) >= 11 is 3.05. The molecule has 0 saturated carbocycles. The summed E-state index contributed by atoms with van der Waals surface area (Å²) < 4.78 is 5.38. The van der Waals surface area contributed by atoms with Gasteiger partial charge in [-0.1, -0.05) is 11.6 Å². The third kappa shape index (κ3) is 4.70. The van der Waals surface area contributed by atoms with E-state index in [1.165, 1.54) is 11.3 Å². The summed E-state index contributed by atoms with van der Waals surface area (Å²) in [4.78, 5) is 16.5. The molecule has 0 aliphatic rings. The fourth-order valence-corrected chi connectivity index (χ4v) is 3.25. The van der Waals surface area contributed by atoms with Crippen LogP contribution in [0.4, 0.5) is 5.13 Å². The lowest BCUT2D eigenvalue weighted by Gasteiger charge is -2.09. The first-order valence-corrected chi connectivity index (χ1v) is 9.48. The molecule has 2 rings (SSSR count). The van der Waals surface area contributed by atoms with Crippen LogP contribution in [-0.4, -0.2) is 36.1 Å². The first-order valence-electron chi connectivity index (χ1n) is 7.21. The second-order valence-corrected chi connectivity index (χ2v) is 6.96. The molecule has 1 aromatic carbocycles. The minimum Gasteiger partial charge on any atom is -0.496 e. The fraction of sp³-hybridized carbons (Fsp3) is 0.375. The average molecular weight is 351 g/mol. The van der Waals surface area contributed by atoms with Gasteiger partial charge < -0.3 is 15.8 Å².